The van der Waals surface area contributed by atoms with E-state index in [1.165, 1.54) is 24.3 Å². The highest BCUT2D eigenvalue weighted by Crippen LogP contribution is 2.24. The zero-order valence-electron chi connectivity index (χ0n) is 21.0. The number of anilines is 2. The molecule has 12 nitrogen and oxygen atoms in total. The van der Waals surface area contributed by atoms with E-state index < -0.39 is 10.1 Å². The number of aromatic nitrogens is 2. The zero-order valence-corrected chi connectivity index (χ0v) is 21.8. The maximum Gasteiger partial charge on any atom is 0.339 e. The molecule has 0 bridgehead atoms. The van der Waals surface area contributed by atoms with Crippen molar-refractivity contribution in [2.24, 2.45) is 0 Å². The van der Waals surface area contributed by atoms with Crippen molar-refractivity contribution in [2.45, 2.75) is 4.90 Å². The molecule has 200 valence electrons. The Bertz CT molecular complexity index is 1290. The highest BCUT2D eigenvalue weighted by atomic mass is 32.2. The summed E-state index contributed by atoms with van der Waals surface area (Å²) in [6.07, 6.45) is 0. The van der Waals surface area contributed by atoms with Gasteiger partial charge in [0.2, 0.25) is 5.95 Å². The summed E-state index contributed by atoms with van der Waals surface area (Å²) in [7, 11) is -0.0578. The Kier molecular flexibility index (Phi) is 8.82. The van der Waals surface area contributed by atoms with Crippen LogP contribution in [0.3, 0.4) is 0 Å². The fraction of sp³-hybridized carbons (Fsp3) is 0.417. The summed E-state index contributed by atoms with van der Waals surface area (Å²) in [5.41, 5.74) is 1.91. The summed E-state index contributed by atoms with van der Waals surface area (Å²) in [6.45, 7) is 5.96. The molecule has 3 aromatic rings. The van der Waals surface area contributed by atoms with Crippen LogP contribution in [0.2, 0.25) is 0 Å². The van der Waals surface area contributed by atoms with Crippen LogP contribution >= 0.6 is 0 Å². The van der Waals surface area contributed by atoms with Gasteiger partial charge in [0.1, 0.15) is 10.6 Å². The molecule has 1 fully saturated rings. The maximum absolute atomic E-state index is 12.8. The zero-order chi connectivity index (χ0) is 26.3. The summed E-state index contributed by atoms with van der Waals surface area (Å²) >= 11 is 0. The van der Waals surface area contributed by atoms with Gasteiger partial charge in [0.15, 0.2) is 0 Å². The quantitative estimate of drug-likeness (QED) is 0.272. The number of hydrogen-bond donors (Lipinski definition) is 4. The lowest BCUT2D eigenvalue weighted by molar-refractivity contribution is 0.0388. The molecule has 0 aliphatic carbocycles. The van der Waals surface area contributed by atoms with Crippen molar-refractivity contribution in [3.63, 3.8) is 0 Å². The number of carbonyl (C=O) groups is 1. The molecular weight excluding hydrogens is 498 g/mol. The summed E-state index contributed by atoms with van der Waals surface area (Å²) in [5.74, 6) is 0.377. The maximum atomic E-state index is 12.8. The normalized spacial score (nSPS) is 14.6. The first-order valence-electron chi connectivity index (χ1n) is 12.1. The number of H-pyrrole nitrogens is 1. The van der Waals surface area contributed by atoms with Crippen LogP contribution < -0.4 is 20.1 Å². The molecule has 13 heteroatoms. The standard InChI is InChI=1S/C24H33N7O5S/c1-30(2)11-9-25-18-3-6-20(7-4-18)37(33,34)36-19-5-8-21-22(17-19)28-23(27-21)29-24(32)26-10-12-31-13-15-35-16-14-31/h3-8,17,25H,9-16H2,1-2H3,(H3,26,27,28,29,32). The molecule has 0 saturated carbocycles. The molecule has 4 rings (SSSR count). The number of rotatable bonds is 11. The molecule has 0 atom stereocenters. The molecule has 4 N–H and O–H groups in total. The molecular formula is C24H33N7O5S. The monoisotopic (exact) mass is 531 g/mol. The lowest BCUT2D eigenvalue weighted by Crippen LogP contribution is -2.42. The van der Waals surface area contributed by atoms with Crippen LogP contribution in [0.4, 0.5) is 16.4 Å². The van der Waals surface area contributed by atoms with Crippen molar-refractivity contribution >= 4 is 38.8 Å². The average molecular weight is 532 g/mol. The van der Waals surface area contributed by atoms with Crippen molar-refractivity contribution < 1.29 is 22.1 Å². The van der Waals surface area contributed by atoms with Crippen LogP contribution in [0.5, 0.6) is 5.75 Å². The van der Waals surface area contributed by atoms with Crippen molar-refractivity contribution in [3.8, 4) is 5.75 Å². The number of aromatic amines is 1. The van der Waals surface area contributed by atoms with Crippen molar-refractivity contribution in [3.05, 3.63) is 42.5 Å². The summed E-state index contributed by atoms with van der Waals surface area (Å²) < 4.78 is 36.2. The van der Waals surface area contributed by atoms with Gasteiger partial charge >= 0.3 is 16.1 Å². The van der Waals surface area contributed by atoms with E-state index in [0.717, 1.165) is 38.4 Å². The van der Waals surface area contributed by atoms with Gasteiger partial charge in [-0.05, 0) is 50.5 Å². The lowest BCUT2D eigenvalue weighted by Gasteiger charge is -2.26. The van der Waals surface area contributed by atoms with Crippen LogP contribution in [0.25, 0.3) is 11.0 Å². The Balaban J connectivity index is 1.32. The van der Waals surface area contributed by atoms with Crippen molar-refractivity contribution in [1.29, 1.82) is 0 Å². The predicted octanol–water partition coefficient (Wildman–Crippen LogP) is 1.76. The Morgan fingerprint density at radius 1 is 1.14 bits per heavy atom. The first-order chi connectivity index (χ1) is 17.8. The number of nitrogens with one attached hydrogen (secondary N) is 4. The fourth-order valence-corrected chi connectivity index (χ4v) is 4.66. The van der Waals surface area contributed by atoms with Crippen molar-refractivity contribution in [1.82, 2.24) is 25.1 Å². The van der Waals surface area contributed by atoms with Gasteiger partial charge in [0.05, 0.1) is 24.2 Å². The van der Waals surface area contributed by atoms with Crippen LogP contribution in [0.1, 0.15) is 0 Å². The van der Waals surface area contributed by atoms with Gasteiger partial charge in [0, 0.05) is 51.0 Å². The Morgan fingerprint density at radius 3 is 2.62 bits per heavy atom. The molecule has 0 unspecified atom stereocenters. The summed E-state index contributed by atoms with van der Waals surface area (Å²) in [6, 6.07) is 10.7. The van der Waals surface area contributed by atoms with E-state index >= 15 is 0 Å². The third-order valence-electron chi connectivity index (χ3n) is 5.74. The number of fused-ring (bicyclic) bond motifs is 1. The van der Waals surface area contributed by atoms with Crippen LogP contribution in [-0.4, -0.2) is 101 Å². The number of amides is 2. The minimum atomic E-state index is -4.03. The third-order valence-corrected chi connectivity index (χ3v) is 7.00. The number of hydrogen-bond acceptors (Lipinski definition) is 9. The Morgan fingerprint density at radius 2 is 1.89 bits per heavy atom. The first kappa shape index (κ1) is 26.7. The number of ether oxygens (including phenoxy) is 1. The van der Waals surface area contributed by atoms with E-state index in [1.807, 2.05) is 14.1 Å². The van der Waals surface area contributed by atoms with Crippen molar-refractivity contribution in [2.75, 3.05) is 77.2 Å². The van der Waals surface area contributed by atoms with Gasteiger partial charge in [-0.3, -0.25) is 10.2 Å². The highest BCUT2D eigenvalue weighted by Gasteiger charge is 2.18. The number of nitrogens with zero attached hydrogens (tertiary/aromatic N) is 3. The van der Waals surface area contributed by atoms with Crippen LogP contribution in [-0.2, 0) is 14.9 Å². The smallest absolute Gasteiger partial charge is 0.339 e. The Labute approximate surface area is 216 Å². The van der Waals surface area contributed by atoms with E-state index in [0.29, 0.717) is 30.8 Å². The van der Waals surface area contributed by atoms with E-state index in [1.54, 1.807) is 18.2 Å². The number of imidazole rings is 1. The van der Waals surface area contributed by atoms with Gasteiger partial charge in [-0.25, -0.2) is 9.78 Å². The minimum absolute atomic E-state index is 0.0477. The molecule has 1 aromatic heterocycles. The van der Waals surface area contributed by atoms with E-state index in [2.05, 4.69) is 35.7 Å². The summed E-state index contributed by atoms with van der Waals surface area (Å²) in [4.78, 5) is 23.8. The predicted molar refractivity (Wildman–Crippen MR) is 142 cm³/mol. The van der Waals surface area contributed by atoms with Gasteiger partial charge in [-0.15, -0.1) is 0 Å². The molecule has 2 aromatic carbocycles. The fourth-order valence-electron chi connectivity index (χ4n) is 3.74. The second-order valence-electron chi connectivity index (χ2n) is 8.89. The molecule has 1 aliphatic rings. The van der Waals surface area contributed by atoms with E-state index in [-0.39, 0.29) is 22.6 Å². The third kappa shape index (κ3) is 7.79. The van der Waals surface area contributed by atoms with Crippen LogP contribution in [0.15, 0.2) is 47.4 Å². The molecule has 37 heavy (non-hydrogen) atoms. The molecule has 1 aliphatic heterocycles. The molecule has 1 saturated heterocycles. The highest BCUT2D eigenvalue weighted by molar-refractivity contribution is 7.87. The first-order valence-corrected chi connectivity index (χ1v) is 13.5. The van der Waals surface area contributed by atoms with E-state index in [4.69, 9.17) is 8.92 Å². The topological polar surface area (TPSA) is 141 Å². The number of morpholine rings is 1. The molecule has 2 heterocycles. The SMILES string of the molecule is CN(C)CCNc1ccc(S(=O)(=O)Oc2ccc3nc(NC(=O)NCCN4CCOCC4)[nH]c3c2)cc1. The lowest BCUT2D eigenvalue weighted by atomic mass is 10.3. The summed E-state index contributed by atoms with van der Waals surface area (Å²) in [5, 5.41) is 8.70. The Hall–Kier alpha value is -3.39. The van der Waals surface area contributed by atoms with Gasteiger partial charge in [-0.1, -0.05) is 0 Å². The van der Waals surface area contributed by atoms with Gasteiger partial charge in [0.25, 0.3) is 0 Å². The molecule has 0 spiro atoms. The van der Waals surface area contributed by atoms with E-state index in [9.17, 15) is 13.2 Å². The molecule has 2 amide bonds. The van der Waals surface area contributed by atoms with Crippen LogP contribution in [0, 0.1) is 0 Å². The number of benzene rings is 2. The second-order valence-corrected chi connectivity index (χ2v) is 10.4. The van der Waals surface area contributed by atoms with Gasteiger partial charge < -0.3 is 29.4 Å². The average Bonchev–Trinajstić information content (AvgIpc) is 3.26. The number of carbonyl (C=O) groups excluding carboxylic acids is 1. The molecule has 0 radical (unpaired) electrons. The minimum Gasteiger partial charge on any atom is -0.384 e. The number of likely N-dealkylation sites (N-methyl/N-ethyl adjacent to an activating group) is 1. The number of urea groups is 1. The largest absolute Gasteiger partial charge is 0.384 e. The second kappa shape index (κ2) is 12.2. The van der Waals surface area contributed by atoms with Gasteiger partial charge in [-0.2, -0.15) is 8.42 Å².